The quantitative estimate of drug-likeness (QED) is 0.0696. The molecule has 0 radical (unpaired) electrons. The summed E-state index contributed by atoms with van der Waals surface area (Å²) in [5.41, 5.74) is 1.29. The van der Waals surface area contributed by atoms with Crippen molar-refractivity contribution >= 4 is 61.9 Å². The molecular weight excluding hydrogens is 600 g/mol. The number of benzene rings is 4. The van der Waals surface area contributed by atoms with Gasteiger partial charge < -0.3 is 30.7 Å². The molecule has 4 aromatic rings. The van der Waals surface area contributed by atoms with Gasteiger partial charge in [-0.15, -0.1) is 0 Å². The molecular formula is C36H44N4O5S. The summed E-state index contributed by atoms with van der Waals surface area (Å²) in [6.45, 7) is 2.70. The van der Waals surface area contributed by atoms with Gasteiger partial charge in [-0.1, -0.05) is 61.0 Å². The zero-order chi connectivity index (χ0) is 31.7. The second kappa shape index (κ2) is 15.8. The third kappa shape index (κ3) is 8.03. The summed E-state index contributed by atoms with van der Waals surface area (Å²) < 4.78 is 11.1. The second-order valence-electron chi connectivity index (χ2n) is 12.2. The second-order valence-corrected chi connectivity index (χ2v) is 13.5. The number of nitrogens with one attached hydrogen (secondary N) is 4. The Hall–Kier alpha value is -3.60. The van der Waals surface area contributed by atoms with Crippen molar-refractivity contribution in [2.75, 3.05) is 45.3 Å². The van der Waals surface area contributed by atoms with Crippen LogP contribution in [-0.2, 0) is 25.5 Å². The highest BCUT2D eigenvalue weighted by atomic mass is 32.2. The molecule has 0 unspecified atom stereocenters. The summed E-state index contributed by atoms with van der Waals surface area (Å²) in [5.74, 6) is 1.04. The van der Waals surface area contributed by atoms with Crippen LogP contribution in [0.1, 0.15) is 44.1 Å². The maximum Gasteiger partial charge on any atom is 0.315 e. The smallest absolute Gasteiger partial charge is 0.315 e. The number of urea groups is 1. The van der Waals surface area contributed by atoms with Crippen LogP contribution >= 0.6 is 11.8 Å². The van der Waals surface area contributed by atoms with Crippen LogP contribution in [0.5, 0.6) is 0 Å². The summed E-state index contributed by atoms with van der Waals surface area (Å²) in [4.78, 5) is 35.9. The van der Waals surface area contributed by atoms with Crippen LogP contribution in [0.15, 0.2) is 54.6 Å². The summed E-state index contributed by atoms with van der Waals surface area (Å²) >= 11 is 1.90. The summed E-state index contributed by atoms with van der Waals surface area (Å²) in [6.07, 6.45) is 5.46. The van der Waals surface area contributed by atoms with Crippen molar-refractivity contribution < 1.29 is 23.9 Å². The van der Waals surface area contributed by atoms with E-state index < -0.39 is 0 Å². The molecule has 0 saturated carbocycles. The lowest BCUT2D eigenvalue weighted by Gasteiger charge is -2.16. The Morgan fingerprint density at radius 3 is 2.15 bits per heavy atom. The van der Waals surface area contributed by atoms with Gasteiger partial charge in [0.05, 0.1) is 38.5 Å². The van der Waals surface area contributed by atoms with Crippen molar-refractivity contribution in [2.24, 2.45) is 0 Å². The van der Waals surface area contributed by atoms with Gasteiger partial charge in [0, 0.05) is 36.9 Å². The molecule has 0 aromatic heterocycles. The molecule has 4 N–H and O–H groups in total. The van der Waals surface area contributed by atoms with Gasteiger partial charge >= 0.3 is 6.03 Å². The van der Waals surface area contributed by atoms with Crippen LogP contribution in [0.3, 0.4) is 0 Å². The van der Waals surface area contributed by atoms with Crippen LogP contribution in [-0.4, -0.2) is 80.4 Å². The Labute approximate surface area is 274 Å². The van der Waals surface area contributed by atoms with E-state index in [0.717, 1.165) is 37.9 Å². The van der Waals surface area contributed by atoms with Crippen LogP contribution in [0.25, 0.3) is 32.3 Å². The van der Waals surface area contributed by atoms with E-state index in [1.807, 2.05) is 11.8 Å². The SMILES string of the molecule is O=C(CCCC[C@@H]1SC[C@@H]2NC(=O)N[C@@H]21)NCCOCCOCCNC(=O)CCCc1ccc2ccc3cccc4ccc1c2c34. The van der Waals surface area contributed by atoms with Crippen LogP contribution < -0.4 is 21.3 Å². The van der Waals surface area contributed by atoms with E-state index in [9.17, 15) is 14.4 Å². The van der Waals surface area contributed by atoms with E-state index in [1.54, 1.807) is 0 Å². The first-order valence-electron chi connectivity index (χ1n) is 16.6. The molecule has 4 amide bonds. The van der Waals surface area contributed by atoms with Gasteiger partial charge in [0.25, 0.3) is 0 Å². The Balaban J connectivity index is 0.761. The maximum absolute atomic E-state index is 12.4. The minimum atomic E-state index is -0.0592. The predicted octanol–water partition coefficient (Wildman–Crippen LogP) is 4.90. The Kier molecular flexibility index (Phi) is 11.1. The maximum atomic E-state index is 12.4. The summed E-state index contributed by atoms with van der Waals surface area (Å²) in [5, 5.41) is 20.0. The van der Waals surface area contributed by atoms with E-state index >= 15 is 0 Å². The fraction of sp³-hybridized carbons (Fsp3) is 0.472. The molecule has 0 aliphatic carbocycles. The van der Waals surface area contributed by atoms with E-state index in [2.05, 4.69) is 75.9 Å². The third-order valence-electron chi connectivity index (χ3n) is 9.06. The van der Waals surface area contributed by atoms with E-state index in [1.165, 1.54) is 37.9 Å². The first-order chi connectivity index (χ1) is 22.6. The first-order valence-corrected chi connectivity index (χ1v) is 17.6. The average Bonchev–Trinajstić information content (AvgIpc) is 3.62. The average molecular weight is 645 g/mol. The molecule has 2 saturated heterocycles. The molecule has 9 nitrogen and oxygen atoms in total. The topological polar surface area (TPSA) is 118 Å². The highest BCUT2D eigenvalue weighted by molar-refractivity contribution is 8.00. The monoisotopic (exact) mass is 644 g/mol. The number of fused-ring (bicyclic) bond motifs is 1. The molecule has 4 aromatic carbocycles. The number of carbonyl (C=O) groups excluding carboxylic acids is 3. The molecule has 6 rings (SSSR count). The molecule has 3 atom stereocenters. The Morgan fingerprint density at radius 2 is 1.41 bits per heavy atom. The molecule has 0 bridgehead atoms. The van der Waals surface area contributed by atoms with Crippen molar-refractivity contribution in [2.45, 2.75) is 62.3 Å². The molecule has 0 spiro atoms. The number of amides is 4. The highest BCUT2D eigenvalue weighted by Gasteiger charge is 2.42. The van der Waals surface area contributed by atoms with Crippen LogP contribution in [0, 0.1) is 0 Å². The number of unbranched alkanes of at least 4 members (excludes halogenated alkanes) is 1. The number of aryl methyl sites for hydroxylation is 1. The Morgan fingerprint density at radius 1 is 0.761 bits per heavy atom. The zero-order valence-electron chi connectivity index (χ0n) is 26.3. The van der Waals surface area contributed by atoms with Gasteiger partial charge in [0.15, 0.2) is 0 Å². The minimum absolute atomic E-state index is 0.0407. The Bertz CT molecular complexity index is 1630. The molecule has 46 heavy (non-hydrogen) atoms. The third-order valence-corrected chi connectivity index (χ3v) is 10.6. The number of ether oxygens (including phenoxy) is 2. The summed E-state index contributed by atoms with van der Waals surface area (Å²) in [6, 6.07) is 20.1. The highest BCUT2D eigenvalue weighted by Crippen LogP contribution is 2.36. The van der Waals surface area contributed by atoms with Gasteiger partial charge in [-0.3, -0.25) is 9.59 Å². The number of thioether (sulfide) groups is 1. The molecule has 2 aliphatic rings. The van der Waals surface area contributed by atoms with Gasteiger partial charge in [-0.05, 0) is 63.6 Å². The van der Waals surface area contributed by atoms with E-state index in [4.69, 9.17) is 9.47 Å². The van der Waals surface area contributed by atoms with E-state index in [-0.39, 0.29) is 29.9 Å². The van der Waals surface area contributed by atoms with Gasteiger partial charge in [0.1, 0.15) is 0 Å². The molecule has 2 fully saturated rings. The molecule has 2 heterocycles. The minimum Gasteiger partial charge on any atom is -0.377 e. The lowest BCUT2D eigenvalue weighted by Crippen LogP contribution is -2.36. The first kappa shape index (κ1) is 32.3. The van der Waals surface area contributed by atoms with Gasteiger partial charge in [0.2, 0.25) is 11.8 Å². The zero-order valence-corrected chi connectivity index (χ0v) is 27.1. The lowest BCUT2D eigenvalue weighted by molar-refractivity contribution is -0.122. The molecule has 244 valence electrons. The van der Waals surface area contributed by atoms with Crippen LogP contribution in [0.2, 0.25) is 0 Å². The molecule has 10 heteroatoms. The van der Waals surface area contributed by atoms with E-state index in [0.29, 0.717) is 57.6 Å². The standard InChI is InChI=1S/C36H44N4O5S/c41-31(9-2-1-8-30-35-29(23-46-30)39-36(43)40-35)37-17-19-44-21-22-45-20-18-38-32(42)10-4-5-24-11-12-27-14-13-25-6-3-7-26-15-16-28(24)34(27)33(25)26/h3,6-7,11-16,29-30,35H,1-2,4-5,8-10,17-23H2,(H,37,41)(H,38,42)(H2,39,40,43)/t29-,30-,35-/m0/s1. The fourth-order valence-corrected chi connectivity index (χ4v) is 8.29. The van der Waals surface area contributed by atoms with Crippen LogP contribution in [0.4, 0.5) is 4.79 Å². The number of hydrogen-bond acceptors (Lipinski definition) is 6. The van der Waals surface area contributed by atoms with Crippen molar-refractivity contribution in [1.29, 1.82) is 0 Å². The van der Waals surface area contributed by atoms with Crippen molar-refractivity contribution in [3.05, 3.63) is 60.2 Å². The van der Waals surface area contributed by atoms with Crippen molar-refractivity contribution in [1.82, 2.24) is 21.3 Å². The molecule has 2 aliphatic heterocycles. The largest absolute Gasteiger partial charge is 0.377 e. The number of carbonyl (C=O) groups is 3. The van der Waals surface area contributed by atoms with Gasteiger partial charge in [-0.25, -0.2) is 4.79 Å². The lowest BCUT2D eigenvalue weighted by atomic mass is 9.90. The number of hydrogen-bond donors (Lipinski definition) is 4. The predicted molar refractivity (Wildman–Crippen MR) is 185 cm³/mol. The van der Waals surface area contributed by atoms with Crippen molar-refractivity contribution in [3.63, 3.8) is 0 Å². The van der Waals surface area contributed by atoms with Gasteiger partial charge in [-0.2, -0.15) is 11.8 Å². The fourth-order valence-electron chi connectivity index (χ4n) is 6.75. The summed E-state index contributed by atoms with van der Waals surface area (Å²) in [7, 11) is 0. The normalized spacial score (nSPS) is 19.0. The number of rotatable bonds is 18. The van der Waals surface area contributed by atoms with Crippen molar-refractivity contribution in [3.8, 4) is 0 Å².